The van der Waals surface area contributed by atoms with Crippen LogP contribution >= 0.6 is 12.4 Å². The van der Waals surface area contributed by atoms with E-state index in [1.54, 1.807) is 18.3 Å². The van der Waals surface area contributed by atoms with Gasteiger partial charge in [0.25, 0.3) is 5.91 Å². The molecule has 1 aliphatic heterocycles. The zero-order valence-electron chi connectivity index (χ0n) is 12.9. The molecule has 2 aromatic rings. The Morgan fingerprint density at radius 3 is 2.65 bits per heavy atom. The molecule has 3 rings (SSSR count). The molecule has 0 radical (unpaired) electrons. The number of carbonyl (C=O) groups is 1. The molecule has 2 heterocycles. The standard InChI is InChI=1S/C16H20N4O2.ClH/c1-11-6-7-19-20(11)14-4-2-12(3-5-14)16(22)18-9-13-8-17-10-15(13)21;/h2-7,13,15,17,21H,8-10H2,1H3,(H,18,22);1H. The van der Waals surface area contributed by atoms with E-state index in [1.165, 1.54) is 0 Å². The van der Waals surface area contributed by atoms with Gasteiger partial charge in [0, 0.05) is 43.0 Å². The second kappa shape index (κ2) is 7.59. The summed E-state index contributed by atoms with van der Waals surface area (Å²) in [6, 6.07) is 9.26. The molecule has 1 amide bonds. The fourth-order valence-electron chi connectivity index (χ4n) is 2.65. The maximum absolute atomic E-state index is 12.1. The van der Waals surface area contributed by atoms with Crippen LogP contribution in [0.2, 0.25) is 0 Å². The summed E-state index contributed by atoms with van der Waals surface area (Å²) < 4.78 is 1.82. The fourth-order valence-corrected chi connectivity index (χ4v) is 2.65. The highest BCUT2D eigenvalue weighted by molar-refractivity contribution is 5.94. The van der Waals surface area contributed by atoms with Gasteiger partial charge in [0.1, 0.15) is 0 Å². The summed E-state index contributed by atoms with van der Waals surface area (Å²) in [6.45, 7) is 3.79. The van der Waals surface area contributed by atoms with E-state index in [2.05, 4.69) is 15.7 Å². The average molecular weight is 337 g/mol. The molecule has 3 N–H and O–H groups in total. The van der Waals surface area contributed by atoms with Gasteiger partial charge in [0.15, 0.2) is 0 Å². The molecule has 124 valence electrons. The number of aryl methyl sites for hydroxylation is 1. The number of benzene rings is 1. The minimum absolute atomic E-state index is 0. The number of aromatic nitrogens is 2. The van der Waals surface area contributed by atoms with E-state index in [-0.39, 0.29) is 30.3 Å². The Morgan fingerprint density at radius 2 is 2.09 bits per heavy atom. The molecule has 23 heavy (non-hydrogen) atoms. The average Bonchev–Trinajstić information content (AvgIpc) is 3.13. The predicted molar refractivity (Wildman–Crippen MR) is 90.2 cm³/mol. The van der Waals surface area contributed by atoms with Crippen LogP contribution < -0.4 is 10.6 Å². The first-order chi connectivity index (χ1) is 10.6. The van der Waals surface area contributed by atoms with E-state index in [4.69, 9.17) is 0 Å². The number of aliphatic hydroxyl groups is 1. The van der Waals surface area contributed by atoms with E-state index < -0.39 is 0 Å². The van der Waals surface area contributed by atoms with Crippen LogP contribution in [0, 0.1) is 12.8 Å². The summed E-state index contributed by atoms with van der Waals surface area (Å²) in [5.41, 5.74) is 2.57. The number of β-amino-alcohol motifs (C(OH)–C–C–N with tert-alkyl or cyclic N) is 1. The Bertz CT molecular complexity index is 656. The smallest absolute Gasteiger partial charge is 0.251 e. The zero-order chi connectivity index (χ0) is 15.5. The Kier molecular flexibility index (Phi) is 5.76. The number of carbonyl (C=O) groups excluding carboxylic acids is 1. The molecule has 2 unspecified atom stereocenters. The van der Waals surface area contributed by atoms with Crippen molar-refractivity contribution in [2.45, 2.75) is 13.0 Å². The van der Waals surface area contributed by atoms with Crippen molar-refractivity contribution >= 4 is 18.3 Å². The fraction of sp³-hybridized carbons (Fsp3) is 0.375. The van der Waals surface area contributed by atoms with Gasteiger partial charge in [0.05, 0.1) is 11.8 Å². The van der Waals surface area contributed by atoms with Crippen LogP contribution in [0.15, 0.2) is 36.5 Å². The number of rotatable bonds is 4. The minimum atomic E-state index is -0.384. The molecule has 0 spiro atoms. The number of aliphatic hydroxyl groups excluding tert-OH is 1. The number of hydrogen-bond acceptors (Lipinski definition) is 4. The zero-order valence-corrected chi connectivity index (χ0v) is 13.7. The number of hydrogen-bond donors (Lipinski definition) is 3. The third kappa shape index (κ3) is 3.90. The van der Waals surface area contributed by atoms with Crippen molar-refractivity contribution in [2.24, 2.45) is 5.92 Å². The highest BCUT2D eigenvalue weighted by atomic mass is 35.5. The van der Waals surface area contributed by atoms with Gasteiger partial charge < -0.3 is 15.7 Å². The van der Waals surface area contributed by atoms with Crippen molar-refractivity contribution in [2.75, 3.05) is 19.6 Å². The third-order valence-electron chi connectivity index (χ3n) is 4.03. The number of halogens is 1. The lowest BCUT2D eigenvalue weighted by Gasteiger charge is -2.14. The molecule has 0 aliphatic carbocycles. The van der Waals surface area contributed by atoms with Crippen LogP contribution in [-0.2, 0) is 0 Å². The van der Waals surface area contributed by atoms with Gasteiger partial charge in [-0.15, -0.1) is 12.4 Å². The van der Waals surface area contributed by atoms with Crippen molar-refractivity contribution in [3.05, 3.63) is 47.8 Å². The molecule has 1 aromatic heterocycles. The quantitative estimate of drug-likeness (QED) is 0.775. The highest BCUT2D eigenvalue weighted by Gasteiger charge is 2.25. The molecule has 1 saturated heterocycles. The van der Waals surface area contributed by atoms with Gasteiger partial charge in [-0.25, -0.2) is 4.68 Å². The number of nitrogens with one attached hydrogen (secondary N) is 2. The Balaban J connectivity index is 0.00000192. The van der Waals surface area contributed by atoms with Crippen LogP contribution in [0.5, 0.6) is 0 Å². The lowest BCUT2D eigenvalue weighted by molar-refractivity contribution is 0.0927. The monoisotopic (exact) mass is 336 g/mol. The summed E-state index contributed by atoms with van der Waals surface area (Å²) >= 11 is 0. The van der Waals surface area contributed by atoms with Crippen molar-refractivity contribution in [3.8, 4) is 5.69 Å². The summed E-state index contributed by atoms with van der Waals surface area (Å²) in [7, 11) is 0. The van der Waals surface area contributed by atoms with Crippen LogP contribution in [0.25, 0.3) is 5.69 Å². The summed E-state index contributed by atoms with van der Waals surface area (Å²) in [6.07, 6.45) is 1.36. The lowest BCUT2D eigenvalue weighted by atomic mass is 10.1. The maximum atomic E-state index is 12.1. The first-order valence-corrected chi connectivity index (χ1v) is 7.43. The van der Waals surface area contributed by atoms with E-state index in [1.807, 2.05) is 29.8 Å². The molecule has 1 fully saturated rings. The van der Waals surface area contributed by atoms with E-state index in [9.17, 15) is 9.90 Å². The van der Waals surface area contributed by atoms with E-state index in [0.717, 1.165) is 17.9 Å². The summed E-state index contributed by atoms with van der Waals surface area (Å²) in [5.74, 6) is -0.0437. The lowest BCUT2D eigenvalue weighted by Crippen LogP contribution is -2.34. The van der Waals surface area contributed by atoms with E-state index in [0.29, 0.717) is 18.7 Å². The van der Waals surface area contributed by atoms with Gasteiger partial charge in [-0.3, -0.25) is 4.79 Å². The van der Waals surface area contributed by atoms with Crippen LogP contribution in [-0.4, -0.2) is 46.5 Å². The Labute approximate surface area is 141 Å². The van der Waals surface area contributed by atoms with Gasteiger partial charge >= 0.3 is 0 Å². The van der Waals surface area contributed by atoms with Crippen LogP contribution in [0.3, 0.4) is 0 Å². The second-order valence-electron chi connectivity index (χ2n) is 5.63. The molecule has 6 nitrogen and oxygen atoms in total. The first kappa shape index (κ1) is 17.5. The van der Waals surface area contributed by atoms with Crippen LogP contribution in [0.4, 0.5) is 0 Å². The first-order valence-electron chi connectivity index (χ1n) is 7.43. The normalized spacial score (nSPS) is 20.1. The molecule has 1 aliphatic rings. The number of amides is 1. The molecule has 2 atom stereocenters. The van der Waals surface area contributed by atoms with E-state index >= 15 is 0 Å². The number of nitrogens with zero attached hydrogens (tertiary/aromatic N) is 2. The van der Waals surface area contributed by atoms with Crippen molar-refractivity contribution in [1.82, 2.24) is 20.4 Å². The summed E-state index contributed by atoms with van der Waals surface area (Å²) in [5, 5.41) is 19.9. The molecule has 0 bridgehead atoms. The van der Waals surface area contributed by atoms with Gasteiger partial charge in [0.2, 0.25) is 0 Å². The minimum Gasteiger partial charge on any atom is -0.391 e. The van der Waals surface area contributed by atoms with Gasteiger partial charge in [-0.2, -0.15) is 5.10 Å². The maximum Gasteiger partial charge on any atom is 0.251 e. The van der Waals surface area contributed by atoms with Gasteiger partial charge in [-0.1, -0.05) is 0 Å². The molecule has 1 aromatic carbocycles. The molecule has 7 heteroatoms. The predicted octanol–water partition coefficient (Wildman–Crippen LogP) is 0.913. The molecule has 0 saturated carbocycles. The highest BCUT2D eigenvalue weighted by Crippen LogP contribution is 2.12. The van der Waals surface area contributed by atoms with Crippen molar-refractivity contribution < 1.29 is 9.90 Å². The Morgan fingerprint density at radius 1 is 1.35 bits per heavy atom. The third-order valence-corrected chi connectivity index (χ3v) is 4.03. The second-order valence-corrected chi connectivity index (χ2v) is 5.63. The Hall–Kier alpha value is -1.89. The van der Waals surface area contributed by atoms with Crippen molar-refractivity contribution in [1.29, 1.82) is 0 Å². The molecular formula is C16H21ClN4O2. The topological polar surface area (TPSA) is 79.2 Å². The van der Waals surface area contributed by atoms with Crippen LogP contribution in [0.1, 0.15) is 16.1 Å². The van der Waals surface area contributed by atoms with Gasteiger partial charge in [-0.05, 0) is 37.3 Å². The SMILES string of the molecule is Cc1ccnn1-c1ccc(C(=O)NCC2CNCC2O)cc1.Cl. The summed E-state index contributed by atoms with van der Waals surface area (Å²) in [4.78, 5) is 12.1. The van der Waals surface area contributed by atoms with Crippen molar-refractivity contribution in [3.63, 3.8) is 0 Å². The largest absolute Gasteiger partial charge is 0.391 e. The molecular weight excluding hydrogens is 316 g/mol.